The summed E-state index contributed by atoms with van der Waals surface area (Å²) in [7, 11) is 1.39. The van der Waals surface area contributed by atoms with Crippen molar-refractivity contribution in [1.82, 2.24) is 15.6 Å². The maximum atomic E-state index is 12.9. The smallest absolute Gasteiger partial charge is 0.305 e. The zero-order valence-corrected chi connectivity index (χ0v) is 24.3. The van der Waals surface area contributed by atoms with Gasteiger partial charge in [-0.3, -0.25) is 19.4 Å². The Morgan fingerprint density at radius 1 is 1.00 bits per heavy atom. The first-order valence-corrected chi connectivity index (χ1v) is 15.0. The maximum Gasteiger partial charge on any atom is 0.305 e. The van der Waals surface area contributed by atoms with Gasteiger partial charge in [0.25, 0.3) is 5.91 Å². The first-order valence-electron chi connectivity index (χ1n) is 15.0. The summed E-state index contributed by atoms with van der Waals surface area (Å²) in [5, 5.41) is 15.3. The molecule has 3 N–H and O–H groups in total. The molecule has 1 saturated carbocycles. The normalized spacial score (nSPS) is 14.7. The van der Waals surface area contributed by atoms with Crippen molar-refractivity contribution in [1.29, 1.82) is 0 Å². The number of esters is 1. The minimum Gasteiger partial charge on any atom is -0.469 e. The Bertz CT molecular complexity index is 1110. The highest BCUT2D eigenvalue weighted by Crippen LogP contribution is 2.27. The second kappa shape index (κ2) is 18.0. The standard InChI is InChI=1S/C33H45N3O5/c1-41-31(38)16-7-3-6-15-29(28-14-10-21-34-23-28)26-17-19-27(20-18-26)32(39)36-30(24-37)33(40)35-22-9-8-13-25-11-4-2-5-12-25/h10,14-15,17-21,23,25,30,37H,2-9,11-13,16,22,24H2,1H3,(H,35,40)(H,36,39)/b29-15+/t30-/m0/s1. The summed E-state index contributed by atoms with van der Waals surface area (Å²) < 4.78 is 4.71. The number of hydrogen-bond acceptors (Lipinski definition) is 6. The number of unbranched alkanes of at least 4 members (excludes halogenated alkanes) is 3. The lowest BCUT2D eigenvalue weighted by molar-refractivity contribution is -0.140. The van der Waals surface area contributed by atoms with Crippen molar-refractivity contribution < 1.29 is 24.2 Å². The minimum absolute atomic E-state index is 0.207. The number of carbonyl (C=O) groups excluding carboxylic acids is 3. The van der Waals surface area contributed by atoms with E-state index >= 15 is 0 Å². The first-order chi connectivity index (χ1) is 20.0. The van der Waals surface area contributed by atoms with Crippen LogP contribution in [0.25, 0.3) is 5.57 Å². The fourth-order valence-electron chi connectivity index (χ4n) is 5.29. The van der Waals surface area contributed by atoms with Crippen molar-refractivity contribution in [2.45, 2.75) is 83.1 Å². The molecule has 1 aliphatic carbocycles. The van der Waals surface area contributed by atoms with Gasteiger partial charge in [0, 0.05) is 36.5 Å². The molecule has 1 fully saturated rings. The molecule has 1 heterocycles. The second-order valence-electron chi connectivity index (χ2n) is 10.8. The topological polar surface area (TPSA) is 118 Å². The highest BCUT2D eigenvalue weighted by Gasteiger charge is 2.21. The number of nitrogens with one attached hydrogen (secondary N) is 2. The largest absolute Gasteiger partial charge is 0.469 e. The Labute approximate surface area is 244 Å². The molecule has 2 aromatic rings. The van der Waals surface area contributed by atoms with Crippen LogP contribution in [-0.2, 0) is 14.3 Å². The van der Waals surface area contributed by atoms with Crippen LogP contribution in [0.3, 0.4) is 0 Å². The maximum absolute atomic E-state index is 12.9. The van der Waals surface area contributed by atoms with E-state index in [2.05, 4.69) is 21.7 Å². The molecule has 1 atom stereocenters. The summed E-state index contributed by atoms with van der Waals surface area (Å²) in [4.78, 5) is 41.1. The van der Waals surface area contributed by atoms with Gasteiger partial charge in [-0.05, 0) is 60.9 Å². The van der Waals surface area contributed by atoms with E-state index in [-0.39, 0.29) is 11.9 Å². The van der Waals surface area contributed by atoms with Crippen LogP contribution < -0.4 is 10.6 Å². The van der Waals surface area contributed by atoms with Crippen molar-refractivity contribution in [3.05, 3.63) is 71.6 Å². The number of carbonyl (C=O) groups is 3. The summed E-state index contributed by atoms with van der Waals surface area (Å²) in [6.45, 7) is 0.0698. The predicted molar refractivity (Wildman–Crippen MR) is 160 cm³/mol. The van der Waals surface area contributed by atoms with E-state index in [1.54, 1.807) is 24.5 Å². The van der Waals surface area contributed by atoms with Crippen molar-refractivity contribution in [2.24, 2.45) is 5.92 Å². The molecule has 222 valence electrons. The van der Waals surface area contributed by atoms with Gasteiger partial charge in [0.1, 0.15) is 6.04 Å². The molecule has 0 unspecified atom stereocenters. The third-order valence-electron chi connectivity index (χ3n) is 7.71. The molecule has 0 bridgehead atoms. The molecule has 8 heteroatoms. The Hall–Kier alpha value is -3.52. The average molecular weight is 564 g/mol. The number of rotatable bonds is 16. The quantitative estimate of drug-likeness (QED) is 0.191. The molecule has 3 rings (SSSR count). The molecule has 2 amide bonds. The van der Waals surface area contributed by atoms with Gasteiger partial charge in [-0.1, -0.05) is 69.2 Å². The number of allylic oxidation sites excluding steroid dienone is 1. The van der Waals surface area contributed by atoms with Crippen LogP contribution in [0.15, 0.2) is 54.9 Å². The van der Waals surface area contributed by atoms with Gasteiger partial charge in [-0.25, -0.2) is 0 Å². The molecular formula is C33H45N3O5. The first kappa shape index (κ1) is 32.0. The number of aliphatic hydroxyl groups excluding tert-OH is 1. The van der Waals surface area contributed by atoms with Gasteiger partial charge in [0.2, 0.25) is 5.91 Å². The van der Waals surface area contributed by atoms with Crippen molar-refractivity contribution in [3.8, 4) is 0 Å². The number of ether oxygens (including phenoxy) is 1. The number of hydrogen-bond donors (Lipinski definition) is 3. The highest BCUT2D eigenvalue weighted by atomic mass is 16.5. The summed E-state index contributed by atoms with van der Waals surface area (Å²) in [5.74, 6) is -0.174. The lowest BCUT2D eigenvalue weighted by atomic mass is 9.86. The fraction of sp³-hybridized carbons (Fsp3) is 0.515. The van der Waals surface area contributed by atoms with E-state index in [9.17, 15) is 19.5 Å². The Morgan fingerprint density at radius 3 is 2.44 bits per heavy atom. The number of pyridine rings is 1. The van der Waals surface area contributed by atoms with Crippen LogP contribution in [-0.4, -0.2) is 54.2 Å². The fourth-order valence-corrected chi connectivity index (χ4v) is 5.29. The Morgan fingerprint density at radius 2 is 1.76 bits per heavy atom. The van der Waals surface area contributed by atoms with Crippen LogP contribution in [0.5, 0.6) is 0 Å². The molecule has 0 aliphatic heterocycles. The molecule has 8 nitrogen and oxygen atoms in total. The van der Waals surface area contributed by atoms with Crippen LogP contribution in [0.4, 0.5) is 0 Å². The highest BCUT2D eigenvalue weighted by molar-refractivity contribution is 5.98. The van der Waals surface area contributed by atoms with E-state index in [0.29, 0.717) is 18.5 Å². The molecular weight excluding hydrogens is 518 g/mol. The van der Waals surface area contributed by atoms with Crippen LogP contribution >= 0.6 is 0 Å². The van der Waals surface area contributed by atoms with E-state index in [1.165, 1.54) is 45.6 Å². The summed E-state index contributed by atoms with van der Waals surface area (Å²) in [5.41, 5.74) is 3.26. The van der Waals surface area contributed by atoms with Gasteiger partial charge in [-0.2, -0.15) is 0 Å². The molecule has 1 aliphatic rings. The summed E-state index contributed by atoms with van der Waals surface area (Å²) in [6, 6.07) is 10.0. The predicted octanol–water partition coefficient (Wildman–Crippen LogP) is 5.20. The zero-order chi connectivity index (χ0) is 29.3. The van der Waals surface area contributed by atoms with E-state index in [1.807, 2.05) is 24.3 Å². The average Bonchev–Trinajstić information content (AvgIpc) is 3.02. The Balaban J connectivity index is 1.52. The van der Waals surface area contributed by atoms with Gasteiger partial charge in [0.15, 0.2) is 0 Å². The zero-order valence-electron chi connectivity index (χ0n) is 24.3. The van der Waals surface area contributed by atoms with E-state index < -0.39 is 18.6 Å². The molecule has 1 aromatic carbocycles. The monoisotopic (exact) mass is 563 g/mol. The summed E-state index contributed by atoms with van der Waals surface area (Å²) in [6.07, 6.45) is 18.2. The van der Waals surface area contributed by atoms with Gasteiger partial charge in [-0.15, -0.1) is 0 Å². The molecule has 1 aromatic heterocycles. The van der Waals surface area contributed by atoms with Crippen molar-refractivity contribution in [2.75, 3.05) is 20.3 Å². The number of nitrogens with zero attached hydrogens (tertiary/aromatic N) is 1. The molecule has 0 saturated heterocycles. The Kier molecular flexibility index (Phi) is 14.1. The SMILES string of the molecule is COC(=O)CCCC/C=C(\c1ccc(C(=O)N[C@@H](CO)C(=O)NCCCCC2CCCCC2)cc1)c1cccnc1. The third-order valence-corrected chi connectivity index (χ3v) is 7.71. The number of aromatic nitrogens is 1. The van der Waals surface area contributed by atoms with Crippen LogP contribution in [0, 0.1) is 5.92 Å². The molecule has 0 radical (unpaired) electrons. The third kappa shape index (κ3) is 11.1. The van der Waals surface area contributed by atoms with Gasteiger partial charge in [0.05, 0.1) is 13.7 Å². The van der Waals surface area contributed by atoms with Crippen LogP contribution in [0.2, 0.25) is 0 Å². The summed E-state index contributed by atoms with van der Waals surface area (Å²) >= 11 is 0. The van der Waals surface area contributed by atoms with Crippen molar-refractivity contribution >= 4 is 23.4 Å². The number of amides is 2. The lowest BCUT2D eigenvalue weighted by Crippen LogP contribution is -2.49. The number of methoxy groups -OCH3 is 1. The van der Waals surface area contributed by atoms with E-state index in [4.69, 9.17) is 4.74 Å². The van der Waals surface area contributed by atoms with E-state index in [0.717, 1.165) is 54.7 Å². The lowest BCUT2D eigenvalue weighted by Gasteiger charge is -2.21. The molecule has 0 spiro atoms. The van der Waals surface area contributed by atoms with Crippen molar-refractivity contribution in [3.63, 3.8) is 0 Å². The minimum atomic E-state index is -1.00. The molecule has 41 heavy (non-hydrogen) atoms. The number of benzene rings is 1. The van der Waals surface area contributed by atoms with Gasteiger partial charge < -0.3 is 20.5 Å². The number of aliphatic hydroxyl groups is 1. The van der Waals surface area contributed by atoms with Gasteiger partial charge >= 0.3 is 5.97 Å². The van der Waals surface area contributed by atoms with Crippen LogP contribution in [0.1, 0.15) is 98.5 Å². The second-order valence-corrected chi connectivity index (χ2v) is 10.8.